The van der Waals surface area contributed by atoms with Crippen LogP contribution in [0.4, 0.5) is 0 Å². The maximum Gasteiger partial charge on any atom is 0.326 e. The van der Waals surface area contributed by atoms with Crippen molar-refractivity contribution >= 4 is 30.4 Å². The number of aliphatic carboxylic acids is 1. The van der Waals surface area contributed by atoms with Crippen molar-refractivity contribution in [2.45, 2.75) is 51.4 Å². The second-order valence-corrected chi connectivity index (χ2v) is 5.91. The molecule has 0 rings (SSSR count). The minimum absolute atomic E-state index is 0.0543. The average molecular weight is 335 g/mol. The lowest BCUT2D eigenvalue weighted by molar-refractivity contribution is -0.143. The average Bonchev–Trinajstić information content (AvgIpc) is 2.41. The maximum absolute atomic E-state index is 12.1. The molecule has 0 aliphatic heterocycles. The third kappa shape index (κ3) is 7.10. The minimum Gasteiger partial charge on any atom is -0.480 e. The van der Waals surface area contributed by atoms with Gasteiger partial charge in [-0.2, -0.15) is 12.6 Å². The summed E-state index contributed by atoms with van der Waals surface area (Å²) in [4.78, 5) is 35.0. The van der Waals surface area contributed by atoms with E-state index in [1.165, 1.54) is 6.92 Å². The van der Waals surface area contributed by atoms with Crippen LogP contribution in [0.1, 0.15) is 27.2 Å². The van der Waals surface area contributed by atoms with Crippen LogP contribution in [0.5, 0.6) is 0 Å². The van der Waals surface area contributed by atoms with E-state index < -0.39 is 42.0 Å². The highest BCUT2D eigenvalue weighted by atomic mass is 32.1. The number of hydrogen-bond donors (Lipinski definition) is 6. The van der Waals surface area contributed by atoms with Gasteiger partial charge in [-0.1, -0.05) is 13.8 Å². The largest absolute Gasteiger partial charge is 0.480 e. The molecule has 4 atom stereocenters. The summed E-state index contributed by atoms with van der Waals surface area (Å²) in [7, 11) is 0. The van der Waals surface area contributed by atoms with E-state index in [2.05, 4.69) is 23.3 Å². The van der Waals surface area contributed by atoms with Gasteiger partial charge in [0.15, 0.2) is 0 Å². The number of carbonyl (C=O) groups excluding carboxylic acids is 2. The first-order valence-electron chi connectivity index (χ1n) is 6.98. The highest BCUT2D eigenvalue weighted by Crippen LogP contribution is 2.06. The van der Waals surface area contributed by atoms with Crippen molar-refractivity contribution in [3.05, 3.63) is 0 Å². The van der Waals surface area contributed by atoms with Gasteiger partial charge in [-0.3, -0.25) is 9.59 Å². The predicted molar refractivity (Wildman–Crippen MR) is 84.5 cm³/mol. The Morgan fingerprint density at radius 2 is 1.68 bits per heavy atom. The lowest BCUT2D eigenvalue weighted by Gasteiger charge is -2.24. The fourth-order valence-corrected chi connectivity index (χ4v) is 1.87. The van der Waals surface area contributed by atoms with Crippen LogP contribution in [0.2, 0.25) is 0 Å². The zero-order chi connectivity index (χ0) is 17.4. The van der Waals surface area contributed by atoms with E-state index in [9.17, 15) is 19.5 Å². The van der Waals surface area contributed by atoms with Gasteiger partial charge in [0.05, 0.1) is 12.1 Å². The number of nitrogens with two attached hydrogens (primary N) is 1. The normalized spacial score (nSPS) is 16.5. The lowest BCUT2D eigenvalue weighted by atomic mass is 10.0. The van der Waals surface area contributed by atoms with E-state index in [4.69, 9.17) is 10.8 Å². The molecule has 22 heavy (non-hydrogen) atoms. The molecule has 8 nitrogen and oxygen atoms in total. The van der Waals surface area contributed by atoms with Gasteiger partial charge >= 0.3 is 5.97 Å². The summed E-state index contributed by atoms with van der Waals surface area (Å²) in [6.07, 6.45) is -0.970. The van der Waals surface area contributed by atoms with Crippen LogP contribution in [0.25, 0.3) is 0 Å². The summed E-state index contributed by atoms with van der Waals surface area (Å²) in [5.41, 5.74) is 5.48. The molecule has 0 aromatic rings. The molecule has 0 aromatic carbocycles. The Morgan fingerprint density at radius 1 is 1.14 bits per heavy atom. The van der Waals surface area contributed by atoms with Crippen molar-refractivity contribution in [2.24, 2.45) is 11.7 Å². The number of thiol groups is 1. The topological polar surface area (TPSA) is 142 Å². The van der Waals surface area contributed by atoms with E-state index in [1.54, 1.807) is 0 Å². The molecular weight excluding hydrogens is 310 g/mol. The molecule has 9 heteroatoms. The molecular formula is C13H25N3O5S. The van der Waals surface area contributed by atoms with Crippen molar-refractivity contribution < 1.29 is 24.6 Å². The number of aliphatic hydroxyl groups excluding tert-OH is 1. The van der Waals surface area contributed by atoms with Crippen LogP contribution >= 0.6 is 12.6 Å². The maximum atomic E-state index is 12.1. The monoisotopic (exact) mass is 335 g/mol. The van der Waals surface area contributed by atoms with Crippen molar-refractivity contribution in [2.75, 3.05) is 5.75 Å². The fourth-order valence-electron chi connectivity index (χ4n) is 1.70. The van der Waals surface area contributed by atoms with Crippen molar-refractivity contribution in [3.8, 4) is 0 Å². The van der Waals surface area contributed by atoms with Gasteiger partial charge in [-0.25, -0.2) is 4.79 Å². The fraction of sp³-hybridized carbons (Fsp3) is 0.769. The molecule has 4 unspecified atom stereocenters. The van der Waals surface area contributed by atoms with Crippen LogP contribution in [-0.2, 0) is 14.4 Å². The van der Waals surface area contributed by atoms with Crippen LogP contribution < -0.4 is 16.4 Å². The van der Waals surface area contributed by atoms with E-state index in [0.717, 1.165) is 0 Å². The Bertz CT molecular complexity index is 403. The molecule has 6 N–H and O–H groups in total. The first kappa shape index (κ1) is 20.7. The molecule has 0 aromatic heterocycles. The molecule has 0 fully saturated rings. The van der Waals surface area contributed by atoms with Gasteiger partial charge in [0.2, 0.25) is 11.8 Å². The first-order valence-corrected chi connectivity index (χ1v) is 7.61. The Hall–Kier alpha value is -1.32. The summed E-state index contributed by atoms with van der Waals surface area (Å²) >= 11 is 3.87. The number of carboxylic acids is 1. The van der Waals surface area contributed by atoms with Crippen LogP contribution in [-0.4, -0.2) is 58.0 Å². The highest BCUT2D eigenvalue weighted by Gasteiger charge is 2.30. The number of amides is 2. The van der Waals surface area contributed by atoms with E-state index in [-0.39, 0.29) is 18.1 Å². The Kier molecular flexibility index (Phi) is 9.07. The minimum atomic E-state index is -1.28. The quantitative estimate of drug-likeness (QED) is 0.290. The molecule has 0 aliphatic rings. The van der Waals surface area contributed by atoms with Gasteiger partial charge in [0.1, 0.15) is 12.1 Å². The first-order chi connectivity index (χ1) is 10.1. The molecule has 2 amide bonds. The van der Waals surface area contributed by atoms with Gasteiger partial charge in [0.25, 0.3) is 0 Å². The molecule has 0 radical (unpaired) electrons. The van der Waals surface area contributed by atoms with Crippen LogP contribution in [0.3, 0.4) is 0 Å². The Balaban J connectivity index is 4.91. The van der Waals surface area contributed by atoms with Crippen molar-refractivity contribution in [3.63, 3.8) is 0 Å². The summed E-state index contributed by atoms with van der Waals surface area (Å²) in [5, 5.41) is 23.4. The van der Waals surface area contributed by atoms with Gasteiger partial charge in [-0.15, -0.1) is 0 Å². The Morgan fingerprint density at radius 3 is 2.05 bits per heavy atom. The highest BCUT2D eigenvalue weighted by molar-refractivity contribution is 7.80. The number of aliphatic hydroxyl groups is 1. The van der Waals surface area contributed by atoms with Gasteiger partial charge < -0.3 is 26.6 Å². The van der Waals surface area contributed by atoms with Crippen LogP contribution in [0, 0.1) is 5.92 Å². The summed E-state index contributed by atoms with van der Waals surface area (Å²) < 4.78 is 0. The van der Waals surface area contributed by atoms with E-state index in [1.807, 2.05) is 13.8 Å². The van der Waals surface area contributed by atoms with Gasteiger partial charge in [-0.05, 0) is 19.3 Å². The van der Waals surface area contributed by atoms with E-state index in [0.29, 0.717) is 0 Å². The van der Waals surface area contributed by atoms with E-state index >= 15 is 0 Å². The van der Waals surface area contributed by atoms with Crippen molar-refractivity contribution in [1.82, 2.24) is 10.6 Å². The Labute approximate surface area is 135 Å². The molecule has 0 saturated carbocycles. The predicted octanol–water partition coefficient (Wildman–Crippen LogP) is -1.28. The number of carboxylic acid groups (broad SMARTS) is 1. The molecule has 0 heterocycles. The SMILES string of the molecule is CC(C)CC(NC(=O)C(NC(=O)C(N)CS)C(C)O)C(=O)O. The third-order valence-corrected chi connectivity index (χ3v) is 3.31. The second-order valence-electron chi connectivity index (χ2n) is 5.54. The summed E-state index contributed by atoms with van der Waals surface area (Å²) in [6, 6.07) is -3.31. The number of hydrogen-bond acceptors (Lipinski definition) is 6. The van der Waals surface area contributed by atoms with Gasteiger partial charge in [0, 0.05) is 5.75 Å². The van der Waals surface area contributed by atoms with Crippen LogP contribution in [0.15, 0.2) is 0 Å². The smallest absolute Gasteiger partial charge is 0.326 e. The number of carbonyl (C=O) groups is 3. The number of nitrogens with one attached hydrogen (secondary N) is 2. The zero-order valence-electron chi connectivity index (χ0n) is 12.9. The molecule has 0 aliphatic carbocycles. The standard InChI is InChI=1S/C13H25N3O5S/c1-6(2)4-9(13(20)21)15-12(19)10(7(3)17)16-11(18)8(14)5-22/h6-10,17,22H,4-5,14H2,1-3H3,(H,15,19)(H,16,18)(H,20,21). The molecule has 128 valence electrons. The van der Waals surface area contributed by atoms with Crippen molar-refractivity contribution in [1.29, 1.82) is 0 Å². The third-order valence-electron chi connectivity index (χ3n) is 2.92. The zero-order valence-corrected chi connectivity index (χ0v) is 13.8. The molecule has 0 bridgehead atoms. The number of rotatable bonds is 9. The second kappa shape index (κ2) is 9.65. The molecule has 0 spiro atoms. The summed E-state index contributed by atoms with van der Waals surface area (Å²) in [5.74, 6) is -2.47. The lowest BCUT2D eigenvalue weighted by Crippen LogP contribution is -2.58. The molecule has 0 saturated heterocycles. The summed E-state index contributed by atoms with van der Waals surface area (Å²) in [6.45, 7) is 4.96.